The van der Waals surface area contributed by atoms with Gasteiger partial charge in [-0.15, -0.1) is 0 Å². The van der Waals surface area contributed by atoms with E-state index >= 15 is 0 Å². The second kappa shape index (κ2) is 6.28. The van der Waals surface area contributed by atoms with E-state index in [1.807, 2.05) is 0 Å². The van der Waals surface area contributed by atoms with Gasteiger partial charge in [-0.3, -0.25) is 0 Å². The molecule has 1 unspecified atom stereocenters. The number of rotatable bonds is 1. The predicted molar refractivity (Wildman–Crippen MR) is 44.8 cm³/mol. The SMILES string of the molecule is O=S(O)C1CCCCC1.[KH]. The molecule has 1 aliphatic rings. The van der Waals surface area contributed by atoms with Gasteiger partial charge in [0.05, 0.1) is 5.25 Å². The quantitative estimate of drug-likeness (QED) is 0.490. The molecule has 0 heterocycles. The van der Waals surface area contributed by atoms with Crippen LogP contribution < -0.4 is 0 Å². The molecule has 1 saturated carbocycles. The van der Waals surface area contributed by atoms with Crippen molar-refractivity contribution < 1.29 is 8.76 Å². The Labute approximate surface area is 107 Å². The average Bonchev–Trinajstić information content (AvgIpc) is 1.90. The molecule has 0 spiro atoms. The van der Waals surface area contributed by atoms with Crippen LogP contribution >= 0.6 is 0 Å². The van der Waals surface area contributed by atoms with Gasteiger partial charge in [-0.05, 0) is 12.8 Å². The van der Waals surface area contributed by atoms with Gasteiger partial charge >= 0.3 is 51.4 Å². The van der Waals surface area contributed by atoms with Crippen LogP contribution in [-0.4, -0.2) is 65.4 Å². The van der Waals surface area contributed by atoms with Crippen LogP contribution in [0.1, 0.15) is 32.1 Å². The van der Waals surface area contributed by atoms with Crippen molar-refractivity contribution >= 4 is 62.5 Å². The van der Waals surface area contributed by atoms with E-state index in [9.17, 15) is 4.21 Å². The first kappa shape index (κ1) is 11.7. The summed E-state index contributed by atoms with van der Waals surface area (Å²) in [6.45, 7) is 0. The van der Waals surface area contributed by atoms with Crippen LogP contribution in [0.25, 0.3) is 0 Å². The van der Waals surface area contributed by atoms with Crippen molar-refractivity contribution in [3.63, 3.8) is 0 Å². The topological polar surface area (TPSA) is 37.3 Å². The van der Waals surface area contributed by atoms with E-state index in [0.29, 0.717) is 0 Å². The van der Waals surface area contributed by atoms with Crippen LogP contribution in [0.5, 0.6) is 0 Å². The standard InChI is InChI=1S/C6H12O2S.K.H/c7-9(8)6-4-2-1-3-5-6;;/h6H,1-5H2,(H,7,8);;. The molecular weight excluding hydrogens is 175 g/mol. The van der Waals surface area contributed by atoms with Crippen molar-refractivity contribution in [3.05, 3.63) is 0 Å². The molecule has 56 valence electrons. The molecule has 1 atom stereocenters. The molecule has 1 aliphatic carbocycles. The van der Waals surface area contributed by atoms with Gasteiger partial charge in [-0.2, -0.15) is 0 Å². The Morgan fingerprint density at radius 1 is 1.20 bits per heavy atom. The molecule has 0 bridgehead atoms. The summed E-state index contributed by atoms with van der Waals surface area (Å²) in [5.74, 6) is 0. The summed E-state index contributed by atoms with van der Waals surface area (Å²) in [6.07, 6.45) is 5.41. The molecule has 0 aromatic carbocycles. The van der Waals surface area contributed by atoms with Crippen molar-refractivity contribution in [1.29, 1.82) is 0 Å². The zero-order valence-corrected chi connectivity index (χ0v) is 6.19. The Morgan fingerprint density at radius 3 is 2.00 bits per heavy atom. The predicted octanol–water partition coefficient (Wildman–Crippen LogP) is 0.892. The zero-order valence-electron chi connectivity index (χ0n) is 5.38. The van der Waals surface area contributed by atoms with Crippen LogP contribution in [0.15, 0.2) is 0 Å². The van der Waals surface area contributed by atoms with Crippen molar-refractivity contribution in [2.75, 3.05) is 0 Å². The Bertz CT molecular complexity index is 112. The van der Waals surface area contributed by atoms with Crippen molar-refractivity contribution in [3.8, 4) is 0 Å². The second-order valence-electron chi connectivity index (χ2n) is 2.54. The molecule has 1 fully saturated rings. The Kier molecular flexibility index (Phi) is 7.38. The van der Waals surface area contributed by atoms with Gasteiger partial charge in [-0.25, -0.2) is 4.21 Å². The molecule has 0 radical (unpaired) electrons. The summed E-state index contributed by atoms with van der Waals surface area (Å²) >= 11 is -1.55. The van der Waals surface area contributed by atoms with Gasteiger partial charge in [0.15, 0.2) is 11.1 Å². The third-order valence-electron chi connectivity index (χ3n) is 1.84. The van der Waals surface area contributed by atoms with Gasteiger partial charge in [0.25, 0.3) is 0 Å². The molecule has 0 aromatic rings. The molecule has 4 heteroatoms. The van der Waals surface area contributed by atoms with Gasteiger partial charge in [-0.1, -0.05) is 19.3 Å². The molecular formula is C6H13KO2S. The van der Waals surface area contributed by atoms with E-state index in [0.717, 1.165) is 25.7 Å². The van der Waals surface area contributed by atoms with Crippen molar-refractivity contribution in [2.45, 2.75) is 37.4 Å². The summed E-state index contributed by atoms with van der Waals surface area (Å²) in [7, 11) is 0. The molecule has 1 rings (SSSR count). The fourth-order valence-electron chi connectivity index (χ4n) is 1.27. The monoisotopic (exact) mass is 188 g/mol. The minimum absolute atomic E-state index is 0. The summed E-state index contributed by atoms with van der Waals surface area (Å²) in [5, 5.41) is 0.0822. The maximum absolute atomic E-state index is 10.5. The first-order valence-corrected chi connectivity index (χ1v) is 4.57. The van der Waals surface area contributed by atoms with Crippen LogP contribution in [0.2, 0.25) is 0 Å². The second-order valence-corrected chi connectivity index (χ2v) is 3.76. The fraction of sp³-hybridized carbons (Fsp3) is 1.00. The third kappa shape index (κ3) is 3.95. The Hall–Kier alpha value is 1.75. The van der Waals surface area contributed by atoms with E-state index in [4.69, 9.17) is 4.55 Å². The zero-order chi connectivity index (χ0) is 6.69. The molecule has 0 saturated heterocycles. The number of hydrogen-bond donors (Lipinski definition) is 1. The summed E-state index contributed by atoms with van der Waals surface area (Å²) in [5.41, 5.74) is 0. The van der Waals surface area contributed by atoms with E-state index in [-0.39, 0.29) is 56.6 Å². The molecule has 10 heavy (non-hydrogen) atoms. The van der Waals surface area contributed by atoms with Crippen LogP contribution in [0.3, 0.4) is 0 Å². The van der Waals surface area contributed by atoms with Gasteiger partial charge < -0.3 is 4.55 Å². The average molecular weight is 188 g/mol. The minimum atomic E-state index is -1.55. The Morgan fingerprint density at radius 2 is 1.70 bits per heavy atom. The molecule has 1 N–H and O–H groups in total. The molecule has 2 nitrogen and oxygen atoms in total. The van der Waals surface area contributed by atoms with Gasteiger partial charge in [0, 0.05) is 0 Å². The summed E-state index contributed by atoms with van der Waals surface area (Å²) < 4.78 is 19.1. The molecule has 0 amide bonds. The molecule has 0 aliphatic heterocycles. The number of hydrogen-bond acceptors (Lipinski definition) is 1. The van der Waals surface area contributed by atoms with Crippen LogP contribution in [0.4, 0.5) is 0 Å². The van der Waals surface area contributed by atoms with Gasteiger partial charge in [0.1, 0.15) is 0 Å². The van der Waals surface area contributed by atoms with Crippen molar-refractivity contribution in [2.24, 2.45) is 0 Å². The van der Waals surface area contributed by atoms with E-state index < -0.39 is 11.1 Å². The fourth-order valence-corrected chi connectivity index (χ4v) is 2.00. The van der Waals surface area contributed by atoms with Crippen LogP contribution in [0, 0.1) is 0 Å². The van der Waals surface area contributed by atoms with E-state index in [2.05, 4.69) is 0 Å². The summed E-state index contributed by atoms with van der Waals surface area (Å²) in [6, 6.07) is 0. The molecule has 0 aromatic heterocycles. The first-order chi connectivity index (χ1) is 4.30. The summed E-state index contributed by atoms with van der Waals surface area (Å²) in [4.78, 5) is 0. The maximum atomic E-state index is 10.5. The van der Waals surface area contributed by atoms with E-state index in [1.54, 1.807) is 0 Å². The third-order valence-corrected chi connectivity index (χ3v) is 2.88. The van der Waals surface area contributed by atoms with E-state index in [1.165, 1.54) is 6.42 Å². The Balaban J connectivity index is 0.000000810. The van der Waals surface area contributed by atoms with Gasteiger partial charge in [0.2, 0.25) is 0 Å². The van der Waals surface area contributed by atoms with Crippen LogP contribution in [-0.2, 0) is 11.1 Å². The normalized spacial score (nSPS) is 23.3. The van der Waals surface area contributed by atoms with Crippen molar-refractivity contribution in [1.82, 2.24) is 0 Å². The first-order valence-electron chi connectivity index (χ1n) is 3.40.